The van der Waals surface area contributed by atoms with Gasteiger partial charge in [0.05, 0.1) is 13.2 Å². The monoisotopic (exact) mass is 199 g/mol. The lowest BCUT2D eigenvalue weighted by atomic mass is 10.5. The Labute approximate surface area is 80.1 Å². The third-order valence-electron chi connectivity index (χ3n) is 1.78. The molecule has 1 unspecified atom stereocenters. The summed E-state index contributed by atoms with van der Waals surface area (Å²) in [6, 6.07) is 0. The number of morpholine rings is 1. The van der Waals surface area contributed by atoms with Crippen molar-refractivity contribution in [3.05, 3.63) is 12.7 Å². The fourth-order valence-electron chi connectivity index (χ4n) is 1.15. The third-order valence-corrected chi connectivity index (χ3v) is 1.78. The van der Waals surface area contributed by atoms with Crippen LogP contribution in [0.25, 0.3) is 0 Å². The lowest BCUT2D eigenvalue weighted by Gasteiger charge is -2.28. The average Bonchev–Trinajstić information content (AvgIpc) is 2.19. The van der Waals surface area contributed by atoms with Crippen LogP contribution in [0, 0.1) is 0 Å². The Morgan fingerprint density at radius 1 is 1.50 bits per heavy atom. The highest BCUT2D eigenvalue weighted by Gasteiger charge is 2.19. The number of alkyl halides is 1. The van der Waals surface area contributed by atoms with Gasteiger partial charge in [-0.25, -0.2) is 24.4 Å². The molecule has 0 saturated carbocycles. The van der Waals surface area contributed by atoms with Gasteiger partial charge >= 0.3 is 0 Å². The SMILES string of the molecule is FC1CN(Nc2ncncn2)CCO1. The number of ether oxygens (including phenoxy) is 1. The molecule has 1 aromatic heterocycles. The van der Waals surface area contributed by atoms with Crippen LogP contribution >= 0.6 is 0 Å². The molecule has 0 amide bonds. The van der Waals surface area contributed by atoms with Crippen LogP contribution in [0.15, 0.2) is 12.7 Å². The van der Waals surface area contributed by atoms with E-state index in [4.69, 9.17) is 4.74 Å². The van der Waals surface area contributed by atoms with Crippen molar-refractivity contribution in [2.45, 2.75) is 6.36 Å². The highest BCUT2D eigenvalue weighted by atomic mass is 19.1. The van der Waals surface area contributed by atoms with E-state index in [9.17, 15) is 4.39 Å². The van der Waals surface area contributed by atoms with Gasteiger partial charge in [-0.3, -0.25) is 5.43 Å². The standard InChI is InChI=1S/C7H10FN5O/c8-6-3-13(1-2-14-6)12-7-10-4-9-5-11-7/h4-6H,1-3H2,(H,9,10,11,12). The van der Waals surface area contributed by atoms with Gasteiger partial charge in [-0.05, 0) is 0 Å². The number of hydrogen-bond acceptors (Lipinski definition) is 6. The fraction of sp³-hybridized carbons (Fsp3) is 0.571. The number of nitrogens with one attached hydrogen (secondary N) is 1. The minimum absolute atomic E-state index is 0.172. The summed E-state index contributed by atoms with van der Waals surface area (Å²) >= 11 is 0. The normalized spacial score (nSPS) is 23.4. The molecule has 0 spiro atoms. The second-order valence-corrected chi connectivity index (χ2v) is 2.80. The maximum Gasteiger partial charge on any atom is 0.240 e. The number of hydrazine groups is 1. The van der Waals surface area contributed by atoms with Gasteiger partial charge in [0.15, 0.2) is 0 Å². The molecule has 0 aromatic carbocycles. The van der Waals surface area contributed by atoms with Gasteiger partial charge in [-0.1, -0.05) is 0 Å². The molecule has 1 fully saturated rings. The Morgan fingerprint density at radius 2 is 2.29 bits per heavy atom. The molecule has 0 bridgehead atoms. The van der Waals surface area contributed by atoms with E-state index < -0.39 is 6.36 Å². The van der Waals surface area contributed by atoms with Gasteiger partial charge < -0.3 is 4.74 Å². The van der Waals surface area contributed by atoms with Gasteiger partial charge in [0, 0.05) is 6.54 Å². The molecule has 6 nitrogen and oxygen atoms in total. The van der Waals surface area contributed by atoms with E-state index in [1.165, 1.54) is 12.7 Å². The maximum atomic E-state index is 12.8. The first-order chi connectivity index (χ1) is 6.84. The molecule has 0 radical (unpaired) electrons. The molecule has 1 saturated heterocycles. The van der Waals surface area contributed by atoms with Gasteiger partial charge in [-0.15, -0.1) is 0 Å². The summed E-state index contributed by atoms with van der Waals surface area (Å²) < 4.78 is 17.5. The Hall–Kier alpha value is -1.34. The van der Waals surface area contributed by atoms with Gasteiger partial charge in [-0.2, -0.15) is 0 Å². The zero-order chi connectivity index (χ0) is 9.80. The smallest absolute Gasteiger partial charge is 0.240 e. The molecule has 0 aliphatic carbocycles. The van der Waals surface area contributed by atoms with Gasteiger partial charge in [0.25, 0.3) is 0 Å². The summed E-state index contributed by atoms with van der Waals surface area (Å²) in [6.07, 6.45) is 1.50. The quantitative estimate of drug-likeness (QED) is 0.713. The highest BCUT2D eigenvalue weighted by molar-refractivity contribution is 5.18. The van der Waals surface area contributed by atoms with Crippen LogP contribution in [0.2, 0.25) is 0 Å². The second kappa shape index (κ2) is 4.25. The summed E-state index contributed by atoms with van der Waals surface area (Å²) in [5.74, 6) is 0.411. The number of aromatic nitrogens is 3. The van der Waals surface area contributed by atoms with Crippen LogP contribution in [0.3, 0.4) is 0 Å². The Morgan fingerprint density at radius 3 is 3.00 bits per heavy atom. The lowest BCUT2D eigenvalue weighted by molar-refractivity contribution is -0.0922. The molecular weight excluding hydrogens is 189 g/mol. The fourth-order valence-corrected chi connectivity index (χ4v) is 1.15. The summed E-state index contributed by atoms with van der Waals surface area (Å²) in [7, 11) is 0. The first-order valence-corrected chi connectivity index (χ1v) is 4.24. The zero-order valence-electron chi connectivity index (χ0n) is 7.43. The lowest BCUT2D eigenvalue weighted by Crippen LogP contribution is -2.44. The van der Waals surface area contributed by atoms with E-state index in [1.54, 1.807) is 5.01 Å². The van der Waals surface area contributed by atoms with Crippen LogP contribution in [0.1, 0.15) is 0 Å². The minimum atomic E-state index is -1.25. The number of nitrogens with zero attached hydrogens (tertiary/aromatic N) is 4. The van der Waals surface area contributed by atoms with Crippen molar-refractivity contribution in [3.63, 3.8) is 0 Å². The Bertz CT molecular complexity index is 285. The maximum absolute atomic E-state index is 12.8. The zero-order valence-corrected chi connectivity index (χ0v) is 7.43. The van der Waals surface area contributed by atoms with Gasteiger partial charge in [0.2, 0.25) is 12.3 Å². The molecule has 7 heteroatoms. The van der Waals surface area contributed by atoms with E-state index in [0.717, 1.165) is 0 Å². The number of hydrogen-bond donors (Lipinski definition) is 1. The van der Waals surface area contributed by atoms with Crippen molar-refractivity contribution < 1.29 is 9.13 Å². The average molecular weight is 199 g/mol. The summed E-state index contributed by atoms with van der Waals surface area (Å²) in [5, 5.41) is 1.67. The summed E-state index contributed by atoms with van der Waals surface area (Å²) in [6.45, 7) is 1.14. The first kappa shape index (κ1) is 9.22. The van der Waals surface area contributed by atoms with Crippen molar-refractivity contribution in [2.75, 3.05) is 25.1 Å². The van der Waals surface area contributed by atoms with E-state index in [1.807, 2.05) is 0 Å². The second-order valence-electron chi connectivity index (χ2n) is 2.80. The minimum Gasteiger partial charge on any atom is -0.346 e. The van der Waals surface area contributed by atoms with E-state index >= 15 is 0 Å². The largest absolute Gasteiger partial charge is 0.346 e. The molecule has 76 valence electrons. The highest BCUT2D eigenvalue weighted by Crippen LogP contribution is 2.06. The van der Waals surface area contributed by atoms with Crippen LogP contribution < -0.4 is 5.43 Å². The third kappa shape index (κ3) is 2.33. The molecule has 1 N–H and O–H groups in total. The van der Waals surface area contributed by atoms with E-state index in [2.05, 4.69) is 20.4 Å². The molecule has 1 atom stereocenters. The molecule has 2 rings (SSSR count). The topological polar surface area (TPSA) is 63.2 Å². The van der Waals surface area contributed by atoms with E-state index in [-0.39, 0.29) is 6.54 Å². The Balaban J connectivity index is 1.91. The van der Waals surface area contributed by atoms with Crippen molar-refractivity contribution in [1.82, 2.24) is 20.0 Å². The van der Waals surface area contributed by atoms with Crippen molar-refractivity contribution >= 4 is 5.95 Å². The first-order valence-electron chi connectivity index (χ1n) is 4.24. The molecule has 2 heterocycles. The summed E-state index contributed by atoms with van der Waals surface area (Å²) in [5.41, 5.74) is 2.86. The molecule has 1 aliphatic rings. The molecular formula is C7H10FN5O. The number of halogens is 1. The van der Waals surface area contributed by atoms with Crippen LogP contribution in [-0.4, -0.2) is 46.0 Å². The molecule has 1 aromatic rings. The number of rotatable bonds is 2. The predicted molar refractivity (Wildman–Crippen MR) is 45.9 cm³/mol. The van der Waals surface area contributed by atoms with Crippen LogP contribution in [0.5, 0.6) is 0 Å². The van der Waals surface area contributed by atoms with Crippen molar-refractivity contribution in [3.8, 4) is 0 Å². The van der Waals surface area contributed by atoms with Crippen LogP contribution in [-0.2, 0) is 4.74 Å². The molecule has 14 heavy (non-hydrogen) atoms. The van der Waals surface area contributed by atoms with E-state index in [0.29, 0.717) is 19.1 Å². The van der Waals surface area contributed by atoms with Crippen molar-refractivity contribution in [2.24, 2.45) is 0 Å². The van der Waals surface area contributed by atoms with Crippen molar-refractivity contribution in [1.29, 1.82) is 0 Å². The summed E-state index contributed by atoms with van der Waals surface area (Å²) in [4.78, 5) is 11.4. The Kier molecular flexibility index (Phi) is 2.80. The molecule has 1 aliphatic heterocycles. The predicted octanol–water partition coefficient (Wildman–Crippen LogP) is -0.174. The van der Waals surface area contributed by atoms with Gasteiger partial charge in [0.1, 0.15) is 12.7 Å². The van der Waals surface area contributed by atoms with Crippen LogP contribution in [0.4, 0.5) is 10.3 Å². The number of anilines is 1.